The zero-order chi connectivity index (χ0) is 11.6. The smallest absolute Gasteiger partial charge is 0.234 e. The van der Waals surface area contributed by atoms with Crippen molar-refractivity contribution >= 4 is 0 Å². The fourth-order valence-electron chi connectivity index (χ4n) is 0.965. The van der Waals surface area contributed by atoms with Crippen LogP contribution in [-0.4, -0.2) is 29.9 Å². The second kappa shape index (κ2) is 2.30. The zero-order valence-electron chi connectivity index (χ0n) is 5.98. The first-order chi connectivity index (χ1) is 5.90. The first kappa shape index (κ1) is 11.4. The molecule has 1 saturated carbocycles. The van der Waals surface area contributed by atoms with Crippen LogP contribution in [0.25, 0.3) is 0 Å². The second-order valence-electron chi connectivity index (χ2n) is 2.76. The predicted octanol–water partition coefficient (Wildman–Crippen LogP) is 2.88. The van der Waals surface area contributed by atoms with Crippen LogP contribution in [0.4, 0.5) is 39.5 Å². The van der Waals surface area contributed by atoms with Crippen molar-refractivity contribution in [1.82, 2.24) is 0 Å². The molecule has 1 aliphatic rings. The Morgan fingerprint density at radius 1 is 0.571 bits per heavy atom. The Morgan fingerprint density at radius 3 is 0.857 bits per heavy atom. The maximum atomic E-state index is 12.0. The molecule has 0 spiro atoms. The van der Waals surface area contributed by atoms with Crippen LogP contribution >= 0.6 is 0 Å². The third-order valence-electron chi connectivity index (χ3n) is 1.87. The molecule has 0 nitrogen and oxygen atoms in total. The largest absolute Gasteiger partial charge is 0.381 e. The summed E-state index contributed by atoms with van der Waals surface area (Å²) in [5, 5.41) is 0. The first-order valence-electron chi connectivity index (χ1n) is 3.06. The van der Waals surface area contributed by atoms with E-state index in [0.717, 1.165) is 0 Å². The molecule has 0 aromatic carbocycles. The van der Waals surface area contributed by atoms with Gasteiger partial charge >= 0.3 is 23.7 Å². The highest BCUT2D eigenvalue weighted by atomic mass is 19.4. The Labute approximate surface area is 70.7 Å². The van der Waals surface area contributed by atoms with Gasteiger partial charge in [-0.2, -0.15) is 35.1 Å². The van der Waals surface area contributed by atoms with Gasteiger partial charge in [0.15, 0.2) is 0 Å². The molecule has 0 N–H and O–H groups in total. The molecular formula is C5HF9. The quantitative estimate of drug-likeness (QED) is 0.563. The Hall–Kier alpha value is -0.630. The van der Waals surface area contributed by atoms with Crippen molar-refractivity contribution in [2.75, 3.05) is 0 Å². The van der Waals surface area contributed by atoms with Gasteiger partial charge in [0.1, 0.15) is 0 Å². The van der Waals surface area contributed by atoms with Crippen LogP contribution in [0.2, 0.25) is 0 Å². The minimum atomic E-state index is -6.40. The minimum Gasteiger partial charge on any atom is -0.234 e. The average molecular weight is 232 g/mol. The summed E-state index contributed by atoms with van der Waals surface area (Å²) < 4.78 is 108. The minimum absolute atomic E-state index is 4.90. The monoisotopic (exact) mass is 232 g/mol. The first-order valence-corrected chi connectivity index (χ1v) is 3.06. The van der Waals surface area contributed by atoms with E-state index in [1.807, 2.05) is 0 Å². The number of hydrogen-bond donors (Lipinski definition) is 0. The zero-order valence-corrected chi connectivity index (χ0v) is 5.98. The highest BCUT2D eigenvalue weighted by Crippen LogP contribution is 2.63. The molecule has 0 radical (unpaired) electrons. The molecule has 0 saturated heterocycles. The van der Waals surface area contributed by atoms with E-state index >= 15 is 0 Å². The fraction of sp³-hybridized carbons (Fsp3) is 1.00. The molecule has 0 aromatic rings. The van der Waals surface area contributed by atoms with Crippen molar-refractivity contribution in [3.8, 4) is 0 Å². The Morgan fingerprint density at radius 2 is 0.786 bits per heavy atom. The third kappa shape index (κ3) is 0.830. The summed E-state index contributed by atoms with van der Waals surface area (Å²) in [6.07, 6.45) is -4.90. The highest BCUT2D eigenvalue weighted by molar-refractivity contribution is 5.18. The number of hydrogen-bond acceptors (Lipinski definition) is 0. The van der Waals surface area contributed by atoms with E-state index in [1.54, 1.807) is 0 Å². The normalized spacial score (nSPS) is 33.2. The van der Waals surface area contributed by atoms with Crippen molar-refractivity contribution in [3.63, 3.8) is 0 Å². The molecule has 1 rings (SSSR count). The molecule has 0 aliphatic heterocycles. The summed E-state index contributed by atoms with van der Waals surface area (Å²) in [7, 11) is 0. The van der Waals surface area contributed by atoms with Crippen molar-refractivity contribution in [2.24, 2.45) is 0 Å². The molecule has 14 heavy (non-hydrogen) atoms. The number of halogens is 9. The van der Waals surface area contributed by atoms with Crippen molar-refractivity contribution < 1.29 is 39.5 Å². The van der Waals surface area contributed by atoms with E-state index in [4.69, 9.17) is 0 Å². The summed E-state index contributed by atoms with van der Waals surface area (Å²) in [6, 6.07) is 0. The van der Waals surface area contributed by atoms with Crippen LogP contribution in [-0.2, 0) is 0 Å². The molecule has 1 aliphatic carbocycles. The fourth-order valence-corrected chi connectivity index (χ4v) is 0.965. The van der Waals surface area contributed by atoms with Crippen LogP contribution in [0, 0.1) is 0 Å². The topological polar surface area (TPSA) is 0 Å². The van der Waals surface area contributed by atoms with Gasteiger partial charge in [-0.15, -0.1) is 0 Å². The van der Waals surface area contributed by atoms with E-state index in [9.17, 15) is 39.5 Å². The SMILES string of the molecule is FC1C(F)(F)C(F)(F)C(F)(F)C1(F)F. The molecule has 0 unspecified atom stereocenters. The molecular weight excluding hydrogens is 231 g/mol. The standard InChI is InChI=1S/C5HF9/c6-1-2(7,8)4(11,12)5(13,14)3(1,9)10/h1H. The Kier molecular flexibility index (Phi) is 1.88. The van der Waals surface area contributed by atoms with Crippen LogP contribution in [0.3, 0.4) is 0 Å². The van der Waals surface area contributed by atoms with Crippen LogP contribution in [0.1, 0.15) is 0 Å². The van der Waals surface area contributed by atoms with Crippen LogP contribution in [0.5, 0.6) is 0 Å². The molecule has 0 bridgehead atoms. The van der Waals surface area contributed by atoms with Crippen molar-refractivity contribution in [3.05, 3.63) is 0 Å². The number of rotatable bonds is 0. The summed E-state index contributed by atoms with van der Waals surface area (Å²) in [5.74, 6) is -25.0. The molecule has 84 valence electrons. The van der Waals surface area contributed by atoms with Gasteiger partial charge in [-0.3, -0.25) is 0 Å². The lowest BCUT2D eigenvalue weighted by Crippen LogP contribution is -2.51. The van der Waals surface area contributed by atoms with Gasteiger partial charge in [-0.25, -0.2) is 4.39 Å². The van der Waals surface area contributed by atoms with E-state index in [2.05, 4.69) is 0 Å². The molecule has 0 atom stereocenters. The third-order valence-corrected chi connectivity index (χ3v) is 1.87. The highest BCUT2D eigenvalue weighted by Gasteiger charge is 2.94. The molecule has 0 amide bonds. The molecule has 0 aromatic heterocycles. The van der Waals surface area contributed by atoms with Gasteiger partial charge in [0.2, 0.25) is 6.17 Å². The Bertz CT molecular complexity index is 228. The maximum absolute atomic E-state index is 12.0. The lowest BCUT2D eigenvalue weighted by molar-refractivity contribution is -0.303. The lowest BCUT2D eigenvalue weighted by Gasteiger charge is -2.23. The second-order valence-corrected chi connectivity index (χ2v) is 2.76. The number of alkyl halides is 9. The van der Waals surface area contributed by atoms with Crippen LogP contribution in [0.15, 0.2) is 0 Å². The van der Waals surface area contributed by atoms with Crippen molar-refractivity contribution in [2.45, 2.75) is 29.9 Å². The van der Waals surface area contributed by atoms with Gasteiger partial charge in [0.25, 0.3) is 0 Å². The van der Waals surface area contributed by atoms with Gasteiger partial charge in [-0.05, 0) is 0 Å². The van der Waals surface area contributed by atoms with E-state index in [-0.39, 0.29) is 0 Å². The Balaban J connectivity index is 3.38. The van der Waals surface area contributed by atoms with Crippen LogP contribution < -0.4 is 0 Å². The molecule has 1 fully saturated rings. The van der Waals surface area contributed by atoms with E-state index in [1.165, 1.54) is 0 Å². The van der Waals surface area contributed by atoms with Gasteiger partial charge in [0, 0.05) is 0 Å². The summed E-state index contributed by atoms with van der Waals surface area (Å²) in [4.78, 5) is 0. The van der Waals surface area contributed by atoms with Gasteiger partial charge in [-0.1, -0.05) is 0 Å². The summed E-state index contributed by atoms with van der Waals surface area (Å²) in [6.45, 7) is 0. The van der Waals surface area contributed by atoms with Gasteiger partial charge in [0.05, 0.1) is 0 Å². The van der Waals surface area contributed by atoms with E-state index in [0.29, 0.717) is 0 Å². The van der Waals surface area contributed by atoms with Crippen molar-refractivity contribution in [1.29, 1.82) is 0 Å². The average Bonchev–Trinajstić information content (AvgIpc) is 2.05. The molecule has 0 heterocycles. The predicted molar refractivity (Wildman–Crippen MR) is 24.7 cm³/mol. The van der Waals surface area contributed by atoms with Gasteiger partial charge < -0.3 is 0 Å². The maximum Gasteiger partial charge on any atom is 0.381 e. The summed E-state index contributed by atoms with van der Waals surface area (Å²) in [5.41, 5.74) is 0. The summed E-state index contributed by atoms with van der Waals surface area (Å²) >= 11 is 0. The molecule has 9 heteroatoms. The lowest BCUT2D eigenvalue weighted by atomic mass is 10.2. The van der Waals surface area contributed by atoms with E-state index < -0.39 is 29.9 Å².